The highest BCUT2D eigenvalue weighted by molar-refractivity contribution is 5.97. The van der Waals surface area contributed by atoms with Gasteiger partial charge in [-0.1, -0.05) is 5.10 Å². The molecule has 1 saturated carbocycles. The van der Waals surface area contributed by atoms with Crippen LogP contribution in [0.25, 0.3) is 33.7 Å². The summed E-state index contributed by atoms with van der Waals surface area (Å²) in [5, 5.41) is 12.2. The molecule has 30 heavy (non-hydrogen) atoms. The Morgan fingerprint density at radius 3 is 2.87 bits per heavy atom. The van der Waals surface area contributed by atoms with Crippen molar-refractivity contribution in [2.24, 2.45) is 5.73 Å². The highest BCUT2D eigenvalue weighted by Gasteiger charge is 2.30. The van der Waals surface area contributed by atoms with Crippen molar-refractivity contribution in [2.45, 2.75) is 38.6 Å². The smallest absolute Gasteiger partial charge is 0.315 e. The molecule has 1 aliphatic carbocycles. The van der Waals surface area contributed by atoms with Crippen molar-refractivity contribution < 1.29 is 9.21 Å². The van der Waals surface area contributed by atoms with Gasteiger partial charge >= 0.3 is 6.01 Å². The van der Waals surface area contributed by atoms with E-state index < -0.39 is 5.91 Å². The van der Waals surface area contributed by atoms with Crippen LogP contribution in [0.4, 0.5) is 6.01 Å². The highest BCUT2D eigenvalue weighted by Crippen LogP contribution is 2.41. The first-order chi connectivity index (χ1) is 14.5. The Morgan fingerprint density at radius 1 is 1.30 bits per heavy atom. The fourth-order valence-electron chi connectivity index (χ4n) is 3.47. The average Bonchev–Trinajstić information content (AvgIpc) is 3.32. The van der Waals surface area contributed by atoms with Crippen molar-refractivity contribution in [3.8, 4) is 22.8 Å². The molecule has 4 N–H and O–H groups in total. The maximum absolute atomic E-state index is 11.7. The summed E-state index contributed by atoms with van der Waals surface area (Å²) in [4.78, 5) is 24.1. The van der Waals surface area contributed by atoms with E-state index in [1.807, 2.05) is 38.2 Å². The highest BCUT2D eigenvalue weighted by atomic mass is 16.4. The number of nitrogens with one attached hydrogen (secondary N) is 2. The zero-order valence-corrected chi connectivity index (χ0v) is 16.6. The van der Waals surface area contributed by atoms with E-state index in [9.17, 15) is 4.79 Å². The molecule has 1 aromatic carbocycles. The van der Waals surface area contributed by atoms with Crippen molar-refractivity contribution in [2.75, 3.05) is 5.32 Å². The first-order valence-electron chi connectivity index (χ1n) is 9.88. The number of hydrogen-bond donors (Lipinski definition) is 3. The molecule has 152 valence electrons. The number of aromatic amines is 1. The van der Waals surface area contributed by atoms with Gasteiger partial charge in [-0.2, -0.15) is 0 Å². The molecule has 1 amide bonds. The number of fused-ring (bicyclic) bond motifs is 1. The monoisotopic (exact) mass is 403 g/mol. The van der Waals surface area contributed by atoms with Gasteiger partial charge in [-0.25, -0.2) is 9.97 Å². The van der Waals surface area contributed by atoms with Gasteiger partial charge in [-0.05, 0) is 44.9 Å². The normalized spacial score (nSPS) is 13.8. The van der Waals surface area contributed by atoms with E-state index in [4.69, 9.17) is 15.1 Å². The molecule has 0 radical (unpaired) electrons. The fraction of sp³-hybridized carbons (Fsp3) is 0.286. The van der Waals surface area contributed by atoms with Gasteiger partial charge in [0.2, 0.25) is 5.89 Å². The predicted octanol–water partition coefficient (Wildman–Crippen LogP) is 3.47. The molecule has 5 rings (SSSR count). The van der Waals surface area contributed by atoms with E-state index in [0.29, 0.717) is 23.3 Å². The largest absolute Gasteiger partial charge is 0.403 e. The van der Waals surface area contributed by atoms with Crippen LogP contribution in [-0.4, -0.2) is 37.1 Å². The van der Waals surface area contributed by atoms with Crippen LogP contribution in [0.2, 0.25) is 0 Å². The SMILES string of the molecule is CC(C)Nc1nnc(-c2ccc3[nH]cc(-c4ncc(C(N)=O)c(C5CC5)n4)c3c2)o1. The Morgan fingerprint density at radius 2 is 2.13 bits per heavy atom. The molecule has 0 bridgehead atoms. The second-order valence-corrected chi connectivity index (χ2v) is 7.81. The van der Waals surface area contributed by atoms with E-state index in [1.165, 1.54) is 6.20 Å². The lowest BCUT2D eigenvalue weighted by Gasteiger charge is -2.07. The van der Waals surface area contributed by atoms with Crippen LogP contribution in [0.5, 0.6) is 0 Å². The number of carbonyl (C=O) groups is 1. The maximum atomic E-state index is 11.7. The number of nitrogens with two attached hydrogens (primary N) is 1. The van der Waals surface area contributed by atoms with Crippen LogP contribution >= 0.6 is 0 Å². The summed E-state index contributed by atoms with van der Waals surface area (Å²) in [6.07, 6.45) is 5.42. The minimum absolute atomic E-state index is 0.193. The average molecular weight is 403 g/mol. The lowest BCUT2D eigenvalue weighted by atomic mass is 10.1. The molecule has 0 unspecified atom stereocenters. The number of benzene rings is 1. The molecule has 0 aliphatic heterocycles. The van der Waals surface area contributed by atoms with Crippen LogP contribution in [0.3, 0.4) is 0 Å². The van der Waals surface area contributed by atoms with Crippen molar-refractivity contribution >= 4 is 22.8 Å². The Balaban J connectivity index is 1.56. The van der Waals surface area contributed by atoms with Gasteiger partial charge in [0.05, 0.1) is 11.3 Å². The maximum Gasteiger partial charge on any atom is 0.315 e. The summed E-state index contributed by atoms with van der Waals surface area (Å²) in [5.74, 6) is 0.765. The Hall–Kier alpha value is -3.75. The van der Waals surface area contributed by atoms with E-state index in [0.717, 1.165) is 40.6 Å². The van der Waals surface area contributed by atoms with Crippen molar-refractivity contribution in [1.82, 2.24) is 25.1 Å². The van der Waals surface area contributed by atoms with Crippen molar-refractivity contribution in [1.29, 1.82) is 0 Å². The second kappa shape index (κ2) is 6.94. The number of nitrogens with zero attached hydrogens (tertiary/aromatic N) is 4. The third kappa shape index (κ3) is 3.28. The lowest BCUT2D eigenvalue weighted by molar-refractivity contribution is 0.0998. The topological polar surface area (TPSA) is 136 Å². The number of rotatable bonds is 6. The summed E-state index contributed by atoms with van der Waals surface area (Å²) in [6.45, 7) is 4.00. The molecule has 9 nitrogen and oxygen atoms in total. The van der Waals surface area contributed by atoms with Crippen LogP contribution in [0.15, 0.2) is 35.0 Å². The van der Waals surface area contributed by atoms with Crippen LogP contribution < -0.4 is 11.1 Å². The number of aromatic nitrogens is 5. The van der Waals surface area contributed by atoms with E-state index in [2.05, 4.69) is 25.5 Å². The zero-order valence-electron chi connectivity index (χ0n) is 16.6. The van der Waals surface area contributed by atoms with Gasteiger partial charge in [0.25, 0.3) is 5.91 Å². The van der Waals surface area contributed by atoms with Crippen molar-refractivity contribution in [3.63, 3.8) is 0 Å². The van der Waals surface area contributed by atoms with E-state index in [-0.39, 0.29) is 12.0 Å². The van der Waals surface area contributed by atoms with Gasteiger partial charge < -0.3 is 20.5 Å². The first-order valence-corrected chi connectivity index (χ1v) is 9.88. The molecule has 3 heterocycles. The van der Waals surface area contributed by atoms with Crippen molar-refractivity contribution in [3.05, 3.63) is 41.9 Å². The van der Waals surface area contributed by atoms with E-state index in [1.54, 1.807) is 0 Å². The minimum atomic E-state index is -0.494. The quantitative estimate of drug-likeness (QED) is 0.448. The van der Waals surface area contributed by atoms with Crippen LogP contribution in [0.1, 0.15) is 48.7 Å². The van der Waals surface area contributed by atoms with E-state index >= 15 is 0 Å². The molecule has 0 saturated heterocycles. The van der Waals surface area contributed by atoms with Gasteiger partial charge in [-0.15, -0.1) is 5.10 Å². The number of amides is 1. The molecular weight excluding hydrogens is 382 g/mol. The Bertz CT molecular complexity index is 1250. The third-order valence-corrected chi connectivity index (χ3v) is 5.05. The molecule has 0 atom stereocenters. The molecule has 1 fully saturated rings. The third-order valence-electron chi connectivity index (χ3n) is 5.05. The van der Waals surface area contributed by atoms with Gasteiger partial charge in [0.15, 0.2) is 5.82 Å². The van der Waals surface area contributed by atoms with Gasteiger partial charge in [0, 0.05) is 46.4 Å². The molecule has 9 heteroatoms. The standard InChI is InChI=1S/C21H21N7O2/c1-10(2)25-21-28-27-20(30-21)12-5-6-16-13(7-12)14(8-23-16)19-24-9-15(18(22)29)17(26-19)11-3-4-11/h5-11,23H,3-4H2,1-2H3,(H2,22,29)(H,25,28). The molecule has 4 aromatic rings. The summed E-state index contributed by atoms with van der Waals surface area (Å²) in [6, 6.07) is 6.41. The molecule has 3 aromatic heterocycles. The number of primary amides is 1. The molecular formula is C21H21N7O2. The summed E-state index contributed by atoms with van der Waals surface area (Å²) < 4.78 is 5.73. The van der Waals surface area contributed by atoms with Crippen LogP contribution in [-0.2, 0) is 0 Å². The molecule has 1 aliphatic rings. The summed E-state index contributed by atoms with van der Waals surface area (Å²) in [5.41, 5.74) is 9.21. The fourth-order valence-corrected chi connectivity index (χ4v) is 3.47. The van der Waals surface area contributed by atoms with Gasteiger partial charge in [0.1, 0.15) is 0 Å². The Kier molecular flexibility index (Phi) is 4.23. The number of carbonyl (C=O) groups excluding carboxylic acids is 1. The zero-order chi connectivity index (χ0) is 20.8. The second-order valence-electron chi connectivity index (χ2n) is 7.81. The molecule has 0 spiro atoms. The number of H-pyrrole nitrogens is 1. The van der Waals surface area contributed by atoms with Crippen LogP contribution in [0, 0.1) is 0 Å². The minimum Gasteiger partial charge on any atom is -0.403 e. The Labute approximate surface area is 172 Å². The summed E-state index contributed by atoms with van der Waals surface area (Å²) in [7, 11) is 0. The number of anilines is 1. The van der Waals surface area contributed by atoms with Gasteiger partial charge in [-0.3, -0.25) is 4.79 Å². The lowest BCUT2D eigenvalue weighted by Crippen LogP contribution is -2.15. The predicted molar refractivity (Wildman–Crippen MR) is 112 cm³/mol. The summed E-state index contributed by atoms with van der Waals surface area (Å²) >= 11 is 0. The number of hydrogen-bond acceptors (Lipinski definition) is 7. The first kappa shape index (κ1) is 18.3.